The average Bonchev–Trinajstić information content (AvgIpc) is 2.71. The highest BCUT2D eigenvalue weighted by molar-refractivity contribution is 5.98. The van der Waals surface area contributed by atoms with Crippen LogP contribution in [0.25, 0.3) is 0 Å². The molecule has 0 atom stereocenters. The van der Waals surface area contributed by atoms with Gasteiger partial charge in [-0.05, 0) is 17.7 Å². The molecule has 0 fully saturated rings. The van der Waals surface area contributed by atoms with E-state index in [0.29, 0.717) is 28.4 Å². The maximum atomic E-state index is 12.1. The molecule has 0 radical (unpaired) electrons. The van der Waals surface area contributed by atoms with Gasteiger partial charge < -0.3 is 18.9 Å². The van der Waals surface area contributed by atoms with Gasteiger partial charge in [-0.3, -0.25) is 14.4 Å². The lowest BCUT2D eigenvalue weighted by molar-refractivity contribution is -0.159. The predicted octanol–water partition coefficient (Wildman–Crippen LogP) is 2.99. The fourth-order valence-electron chi connectivity index (χ4n) is 2.60. The smallest absolute Gasteiger partial charge is 0.317 e. The van der Waals surface area contributed by atoms with Gasteiger partial charge >= 0.3 is 11.9 Å². The van der Waals surface area contributed by atoms with Gasteiger partial charge in [-0.25, -0.2) is 0 Å². The van der Waals surface area contributed by atoms with E-state index in [0.717, 1.165) is 0 Å². The summed E-state index contributed by atoms with van der Waals surface area (Å²) >= 11 is 0. The molecule has 7 nitrogen and oxygen atoms in total. The van der Waals surface area contributed by atoms with Gasteiger partial charge in [-0.15, -0.1) is 0 Å². The second-order valence-corrected chi connectivity index (χ2v) is 5.85. The fourth-order valence-corrected chi connectivity index (χ4v) is 2.60. The van der Waals surface area contributed by atoms with Crippen LogP contribution >= 0.6 is 0 Å². The zero-order valence-electron chi connectivity index (χ0n) is 16.0. The highest BCUT2D eigenvalue weighted by Gasteiger charge is 2.18. The summed E-state index contributed by atoms with van der Waals surface area (Å²) in [5, 5.41) is 0. The minimum atomic E-state index is -0.748. The lowest BCUT2D eigenvalue weighted by Crippen LogP contribution is -2.15. The van der Waals surface area contributed by atoms with Gasteiger partial charge in [-0.2, -0.15) is 0 Å². The molecular weight excluding hydrogens is 364 g/mol. The lowest BCUT2D eigenvalue weighted by atomic mass is 10.1. The molecule has 0 heterocycles. The molecule has 148 valence electrons. The summed E-state index contributed by atoms with van der Waals surface area (Å²) in [5.41, 5.74) is 1.05. The molecule has 0 aliphatic carbocycles. The van der Waals surface area contributed by atoms with Gasteiger partial charge in [0.15, 0.2) is 17.3 Å². The van der Waals surface area contributed by atoms with E-state index in [1.165, 1.54) is 21.3 Å². The summed E-state index contributed by atoms with van der Waals surface area (Å²) in [6, 6.07) is 11.8. The number of ketones is 1. The van der Waals surface area contributed by atoms with E-state index < -0.39 is 11.9 Å². The van der Waals surface area contributed by atoms with E-state index in [-0.39, 0.29) is 25.0 Å². The molecule has 0 aliphatic rings. The molecule has 2 aromatic rings. The van der Waals surface area contributed by atoms with Crippen molar-refractivity contribution in [1.82, 2.24) is 0 Å². The number of Topliss-reactive ketones (excluding diaryl/α,β-unsaturated/α-hetero) is 1. The summed E-state index contributed by atoms with van der Waals surface area (Å²) in [7, 11) is 4.41. The highest BCUT2D eigenvalue weighted by Crippen LogP contribution is 2.38. The molecule has 7 heteroatoms. The topological polar surface area (TPSA) is 88.1 Å². The molecule has 0 bridgehead atoms. The number of carbonyl (C=O) groups excluding carboxylic acids is 3. The molecule has 0 aromatic heterocycles. The van der Waals surface area contributed by atoms with Crippen LogP contribution in [-0.4, -0.2) is 39.1 Å². The Kier molecular flexibility index (Phi) is 7.56. The van der Waals surface area contributed by atoms with Crippen molar-refractivity contribution < 1.29 is 33.3 Å². The van der Waals surface area contributed by atoms with Gasteiger partial charge in [0.2, 0.25) is 5.75 Å². The summed E-state index contributed by atoms with van der Waals surface area (Å²) in [6.07, 6.45) is -0.357. The van der Waals surface area contributed by atoms with Crippen LogP contribution in [0.2, 0.25) is 0 Å². The summed E-state index contributed by atoms with van der Waals surface area (Å²) in [5.74, 6) is -0.478. The Balaban J connectivity index is 1.92. The number of hydrogen-bond donors (Lipinski definition) is 0. The molecule has 0 spiro atoms. The SMILES string of the molecule is COc1cc(CC(=O)OC(=O)CCC(=O)c2ccccc2)cc(OC)c1OC. The Morgan fingerprint density at radius 1 is 0.786 bits per heavy atom. The number of rotatable bonds is 9. The Bertz CT molecular complexity index is 818. The second kappa shape index (κ2) is 10.1. The molecule has 0 saturated carbocycles. The summed E-state index contributed by atoms with van der Waals surface area (Å²) < 4.78 is 20.5. The van der Waals surface area contributed by atoms with Crippen LogP contribution in [0.4, 0.5) is 0 Å². The van der Waals surface area contributed by atoms with Crippen LogP contribution < -0.4 is 14.2 Å². The van der Waals surface area contributed by atoms with Crippen molar-refractivity contribution in [1.29, 1.82) is 0 Å². The minimum absolute atomic E-state index is 0.0275. The number of esters is 2. The van der Waals surface area contributed by atoms with Gasteiger partial charge in [0.25, 0.3) is 0 Å². The summed E-state index contributed by atoms with van der Waals surface area (Å²) in [6.45, 7) is 0. The van der Waals surface area contributed by atoms with Crippen LogP contribution in [0, 0.1) is 0 Å². The molecule has 2 rings (SSSR count). The standard InChI is InChI=1S/C21H22O7/c1-25-17-11-14(12-18(26-2)21(17)27-3)13-20(24)28-19(23)10-9-16(22)15-7-5-4-6-8-15/h4-8,11-12H,9-10,13H2,1-3H3. The molecule has 0 N–H and O–H groups in total. The molecule has 2 aromatic carbocycles. The first-order valence-corrected chi connectivity index (χ1v) is 8.59. The monoisotopic (exact) mass is 386 g/mol. The third kappa shape index (κ3) is 5.57. The Labute approximate surface area is 163 Å². The number of methoxy groups -OCH3 is 3. The zero-order valence-corrected chi connectivity index (χ0v) is 16.0. The van der Waals surface area contributed by atoms with Crippen molar-refractivity contribution in [3.63, 3.8) is 0 Å². The van der Waals surface area contributed by atoms with Crippen molar-refractivity contribution in [2.45, 2.75) is 19.3 Å². The first-order chi connectivity index (χ1) is 13.5. The van der Waals surface area contributed by atoms with Crippen molar-refractivity contribution >= 4 is 17.7 Å². The quantitative estimate of drug-likeness (QED) is 0.372. The molecular formula is C21H22O7. The first kappa shape index (κ1) is 21.0. The third-order valence-electron chi connectivity index (χ3n) is 3.95. The van der Waals surface area contributed by atoms with Gasteiger partial charge in [0.1, 0.15) is 0 Å². The van der Waals surface area contributed by atoms with Crippen LogP contribution in [0.1, 0.15) is 28.8 Å². The van der Waals surface area contributed by atoms with E-state index in [1.54, 1.807) is 42.5 Å². The minimum Gasteiger partial charge on any atom is -0.493 e. The highest BCUT2D eigenvalue weighted by atomic mass is 16.6. The van der Waals surface area contributed by atoms with Crippen molar-refractivity contribution in [2.75, 3.05) is 21.3 Å². The van der Waals surface area contributed by atoms with E-state index in [4.69, 9.17) is 18.9 Å². The summed E-state index contributed by atoms with van der Waals surface area (Å²) in [4.78, 5) is 35.9. The van der Waals surface area contributed by atoms with Crippen molar-refractivity contribution in [3.8, 4) is 17.2 Å². The van der Waals surface area contributed by atoms with E-state index in [1.807, 2.05) is 0 Å². The van der Waals surface area contributed by atoms with Crippen LogP contribution in [0.5, 0.6) is 17.2 Å². The van der Waals surface area contributed by atoms with E-state index >= 15 is 0 Å². The predicted molar refractivity (Wildman–Crippen MR) is 101 cm³/mol. The average molecular weight is 386 g/mol. The van der Waals surface area contributed by atoms with Crippen molar-refractivity contribution in [3.05, 3.63) is 53.6 Å². The largest absolute Gasteiger partial charge is 0.493 e. The van der Waals surface area contributed by atoms with Crippen LogP contribution in [0.15, 0.2) is 42.5 Å². The Hall–Kier alpha value is -3.35. The van der Waals surface area contributed by atoms with E-state index in [2.05, 4.69) is 0 Å². The third-order valence-corrected chi connectivity index (χ3v) is 3.95. The van der Waals surface area contributed by atoms with Crippen molar-refractivity contribution in [2.24, 2.45) is 0 Å². The van der Waals surface area contributed by atoms with Crippen LogP contribution in [0.3, 0.4) is 0 Å². The number of carbonyl (C=O) groups is 3. The van der Waals surface area contributed by atoms with Crippen LogP contribution in [-0.2, 0) is 20.7 Å². The number of ether oxygens (including phenoxy) is 4. The zero-order chi connectivity index (χ0) is 20.5. The molecule has 0 unspecified atom stereocenters. The lowest BCUT2D eigenvalue weighted by Gasteiger charge is -2.13. The Morgan fingerprint density at radius 3 is 1.93 bits per heavy atom. The molecule has 0 amide bonds. The van der Waals surface area contributed by atoms with Gasteiger partial charge in [0.05, 0.1) is 34.2 Å². The second-order valence-electron chi connectivity index (χ2n) is 5.85. The molecule has 0 aliphatic heterocycles. The first-order valence-electron chi connectivity index (χ1n) is 8.59. The number of hydrogen-bond acceptors (Lipinski definition) is 7. The number of benzene rings is 2. The normalized spacial score (nSPS) is 10.1. The Morgan fingerprint density at radius 2 is 1.39 bits per heavy atom. The van der Waals surface area contributed by atoms with Gasteiger partial charge in [0, 0.05) is 12.0 Å². The van der Waals surface area contributed by atoms with E-state index in [9.17, 15) is 14.4 Å². The maximum absolute atomic E-state index is 12.1. The molecule has 28 heavy (non-hydrogen) atoms. The fraction of sp³-hybridized carbons (Fsp3) is 0.286. The molecule has 0 saturated heterocycles. The van der Waals surface area contributed by atoms with Gasteiger partial charge in [-0.1, -0.05) is 30.3 Å². The maximum Gasteiger partial charge on any atom is 0.317 e.